The van der Waals surface area contributed by atoms with Crippen LogP contribution in [0, 0.1) is 0 Å². The number of nitrogens with zero attached hydrogens (tertiary/aromatic N) is 1. The molecule has 0 spiro atoms. The van der Waals surface area contributed by atoms with Gasteiger partial charge in [-0.3, -0.25) is 4.90 Å². The normalized spacial score (nSPS) is 18.8. The first-order chi connectivity index (χ1) is 12.2. The van der Waals surface area contributed by atoms with Crippen LogP contribution in [0.1, 0.15) is 28.3 Å². The van der Waals surface area contributed by atoms with Crippen LogP contribution < -0.4 is 14.2 Å². The second-order valence-electron chi connectivity index (χ2n) is 6.51. The summed E-state index contributed by atoms with van der Waals surface area (Å²) in [4.78, 5) is 2.49. The number of hydrogen-bond acceptors (Lipinski definition) is 5. The lowest BCUT2D eigenvalue weighted by Crippen LogP contribution is -2.39. The molecule has 1 atom stereocenters. The van der Waals surface area contributed by atoms with E-state index in [1.807, 2.05) is 12.1 Å². The molecule has 25 heavy (non-hydrogen) atoms. The van der Waals surface area contributed by atoms with Crippen LogP contribution in [-0.2, 0) is 19.4 Å². The molecule has 0 radical (unpaired) electrons. The Kier molecular flexibility index (Phi) is 4.27. The maximum Gasteiger partial charge on any atom is 0.186 e. The molecule has 0 aromatic heterocycles. The lowest BCUT2D eigenvalue weighted by Gasteiger charge is -2.42. The highest BCUT2D eigenvalue weighted by Gasteiger charge is 2.34. The first-order valence-electron chi connectivity index (χ1n) is 8.58. The summed E-state index contributed by atoms with van der Waals surface area (Å²) in [5.41, 5.74) is 5.15. The summed E-state index contributed by atoms with van der Waals surface area (Å²) in [6.45, 7) is 1.46. The highest BCUT2D eigenvalue weighted by Crippen LogP contribution is 2.44. The monoisotopic (exact) mass is 341 g/mol. The Morgan fingerprint density at radius 1 is 1.12 bits per heavy atom. The Balaban J connectivity index is 1.73. The van der Waals surface area contributed by atoms with Gasteiger partial charge < -0.3 is 19.3 Å². The molecule has 132 valence electrons. The van der Waals surface area contributed by atoms with Gasteiger partial charge in [0.25, 0.3) is 0 Å². The van der Waals surface area contributed by atoms with Crippen LogP contribution in [-0.4, -0.2) is 37.6 Å². The Morgan fingerprint density at radius 3 is 2.76 bits per heavy atom. The molecule has 1 N–H and O–H groups in total. The molecule has 4 rings (SSSR count). The molecule has 0 aliphatic carbocycles. The van der Waals surface area contributed by atoms with Crippen LogP contribution in [0.5, 0.6) is 17.2 Å². The topological polar surface area (TPSA) is 51.2 Å². The summed E-state index contributed by atoms with van der Waals surface area (Å²) in [5, 5.41) is 9.25. The SMILES string of the molecule is COc1ccc2c(c1)CCN1Cc3c(ccc(OC)c3OCO)CC21. The van der Waals surface area contributed by atoms with Crippen LogP contribution in [0.3, 0.4) is 0 Å². The number of fused-ring (bicyclic) bond motifs is 4. The van der Waals surface area contributed by atoms with Crippen molar-refractivity contribution in [3.05, 3.63) is 52.6 Å². The van der Waals surface area contributed by atoms with Gasteiger partial charge in [0.15, 0.2) is 18.3 Å². The van der Waals surface area contributed by atoms with E-state index >= 15 is 0 Å². The summed E-state index contributed by atoms with van der Waals surface area (Å²) < 4.78 is 16.3. The van der Waals surface area contributed by atoms with E-state index in [0.717, 1.165) is 37.2 Å². The Labute approximate surface area is 147 Å². The zero-order valence-corrected chi connectivity index (χ0v) is 14.6. The van der Waals surface area contributed by atoms with E-state index in [9.17, 15) is 5.11 Å². The predicted octanol–water partition coefficient (Wildman–Crippen LogP) is 2.69. The third kappa shape index (κ3) is 2.73. The fraction of sp³-hybridized carbons (Fsp3) is 0.400. The third-order valence-corrected chi connectivity index (χ3v) is 5.34. The van der Waals surface area contributed by atoms with Crippen molar-refractivity contribution in [2.45, 2.75) is 25.4 Å². The fourth-order valence-corrected chi connectivity index (χ4v) is 4.10. The van der Waals surface area contributed by atoms with Crippen molar-refractivity contribution in [3.8, 4) is 17.2 Å². The smallest absolute Gasteiger partial charge is 0.186 e. The van der Waals surface area contributed by atoms with Crippen LogP contribution in [0.2, 0.25) is 0 Å². The standard InChI is InChI=1S/C20H23NO4/c1-23-15-4-5-16-14(9-15)7-8-21-11-17-13(10-18(16)21)3-6-19(24-2)20(17)25-12-22/h3-6,9,18,22H,7-8,10-12H2,1-2H3. The molecule has 5 nitrogen and oxygen atoms in total. The van der Waals surface area contributed by atoms with E-state index in [2.05, 4.69) is 23.1 Å². The minimum absolute atomic E-state index is 0.348. The second kappa shape index (κ2) is 6.58. The lowest BCUT2D eigenvalue weighted by atomic mass is 9.83. The van der Waals surface area contributed by atoms with Crippen LogP contribution in [0.25, 0.3) is 0 Å². The minimum Gasteiger partial charge on any atom is -0.497 e. The van der Waals surface area contributed by atoms with Crippen molar-refractivity contribution in [2.24, 2.45) is 0 Å². The Morgan fingerprint density at radius 2 is 2.00 bits per heavy atom. The van der Waals surface area contributed by atoms with Crippen LogP contribution >= 0.6 is 0 Å². The summed E-state index contributed by atoms with van der Waals surface area (Å²) >= 11 is 0. The van der Waals surface area contributed by atoms with Gasteiger partial charge in [-0.05, 0) is 47.7 Å². The Bertz CT molecular complexity index is 790. The summed E-state index contributed by atoms with van der Waals surface area (Å²) in [6, 6.07) is 10.8. The van der Waals surface area contributed by atoms with Crippen molar-refractivity contribution < 1.29 is 19.3 Å². The van der Waals surface area contributed by atoms with Crippen molar-refractivity contribution in [1.29, 1.82) is 0 Å². The molecule has 1 unspecified atom stereocenters. The summed E-state index contributed by atoms with van der Waals surface area (Å²) in [6.07, 6.45) is 1.94. The maximum atomic E-state index is 9.25. The molecular weight excluding hydrogens is 318 g/mol. The van der Waals surface area contributed by atoms with Gasteiger partial charge >= 0.3 is 0 Å². The molecule has 0 fully saturated rings. The average molecular weight is 341 g/mol. The summed E-state index contributed by atoms with van der Waals surface area (Å²) in [5.74, 6) is 2.27. The van der Waals surface area contributed by atoms with Gasteiger partial charge in [0.2, 0.25) is 0 Å². The van der Waals surface area contributed by atoms with Crippen LogP contribution in [0.15, 0.2) is 30.3 Å². The molecule has 2 aliphatic heterocycles. The summed E-state index contributed by atoms with van der Waals surface area (Å²) in [7, 11) is 3.34. The zero-order chi connectivity index (χ0) is 17.4. The first-order valence-corrected chi connectivity index (χ1v) is 8.58. The molecular formula is C20H23NO4. The number of ether oxygens (including phenoxy) is 3. The highest BCUT2D eigenvalue weighted by molar-refractivity contribution is 5.53. The van der Waals surface area contributed by atoms with E-state index in [-0.39, 0.29) is 6.79 Å². The fourth-order valence-electron chi connectivity index (χ4n) is 4.10. The van der Waals surface area contributed by atoms with Crippen molar-refractivity contribution >= 4 is 0 Å². The van der Waals surface area contributed by atoms with E-state index in [4.69, 9.17) is 14.2 Å². The lowest BCUT2D eigenvalue weighted by molar-refractivity contribution is 0.0900. The number of methoxy groups -OCH3 is 2. The number of aliphatic hydroxyl groups is 1. The van der Waals surface area contributed by atoms with E-state index in [1.165, 1.54) is 16.7 Å². The number of rotatable bonds is 4. The van der Waals surface area contributed by atoms with Gasteiger partial charge in [-0.1, -0.05) is 12.1 Å². The van der Waals surface area contributed by atoms with Gasteiger partial charge in [-0.25, -0.2) is 0 Å². The molecule has 0 bridgehead atoms. The maximum absolute atomic E-state index is 9.25. The average Bonchev–Trinajstić information content (AvgIpc) is 2.66. The first kappa shape index (κ1) is 16.2. The largest absolute Gasteiger partial charge is 0.497 e. The molecule has 0 amide bonds. The zero-order valence-electron chi connectivity index (χ0n) is 14.6. The molecule has 0 saturated carbocycles. The third-order valence-electron chi connectivity index (χ3n) is 5.34. The number of hydrogen-bond donors (Lipinski definition) is 1. The van der Waals surface area contributed by atoms with Crippen molar-refractivity contribution in [2.75, 3.05) is 27.6 Å². The van der Waals surface area contributed by atoms with Crippen LogP contribution in [0.4, 0.5) is 0 Å². The van der Waals surface area contributed by atoms with Gasteiger partial charge in [-0.2, -0.15) is 0 Å². The molecule has 2 aromatic carbocycles. The van der Waals surface area contributed by atoms with Gasteiger partial charge in [0, 0.05) is 24.7 Å². The van der Waals surface area contributed by atoms with E-state index in [0.29, 0.717) is 17.5 Å². The quantitative estimate of drug-likeness (QED) is 0.867. The molecule has 2 aliphatic rings. The molecule has 5 heteroatoms. The minimum atomic E-state index is -0.348. The number of aliphatic hydroxyl groups excluding tert-OH is 1. The molecule has 2 aromatic rings. The second-order valence-corrected chi connectivity index (χ2v) is 6.51. The molecule has 2 heterocycles. The predicted molar refractivity (Wildman–Crippen MR) is 94.3 cm³/mol. The number of benzene rings is 2. The molecule has 0 saturated heterocycles. The van der Waals surface area contributed by atoms with E-state index in [1.54, 1.807) is 14.2 Å². The van der Waals surface area contributed by atoms with Gasteiger partial charge in [0.05, 0.1) is 14.2 Å². The van der Waals surface area contributed by atoms with E-state index < -0.39 is 0 Å². The Hall–Kier alpha value is -2.24. The van der Waals surface area contributed by atoms with Crippen molar-refractivity contribution in [1.82, 2.24) is 4.90 Å². The highest BCUT2D eigenvalue weighted by atomic mass is 16.6. The van der Waals surface area contributed by atoms with Gasteiger partial charge in [-0.15, -0.1) is 0 Å². The van der Waals surface area contributed by atoms with Gasteiger partial charge in [0.1, 0.15) is 5.75 Å². The van der Waals surface area contributed by atoms with Crippen molar-refractivity contribution in [3.63, 3.8) is 0 Å².